The molecule has 1 rings (SSSR count). The van der Waals surface area contributed by atoms with Gasteiger partial charge in [0.2, 0.25) is 0 Å². The van der Waals surface area contributed by atoms with Gasteiger partial charge >= 0.3 is 0 Å². The summed E-state index contributed by atoms with van der Waals surface area (Å²) < 4.78 is 5.66. The summed E-state index contributed by atoms with van der Waals surface area (Å²) in [6, 6.07) is 8.67. The molecule has 0 amide bonds. The van der Waals surface area contributed by atoms with Gasteiger partial charge in [0, 0.05) is 6.04 Å². The molecule has 1 atom stereocenters. The molecule has 2 heteroatoms. The van der Waals surface area contributed by atoms with Crippen LogP contribution in [0.2, 0.25) is 0 Å². The molecule has 0 aromatic heterocycles. The highest BCUT2D eigenvalue weighted by molar-refractivity contribution is 5.27. The van der Waals surface area contributed by atoms with Crippen LogP contribution in [0.1, 0.15) is 52.5 Å². The molecule has 1 aromatic rings. The zero-order valence-electron chi connectivity index (χ0n) is 12.9. The number of aryl methyl sites for hydroxylation is 1. The SMILES string of the molecule is CCCCOc1ccc(CCC(N)C(C)(C)C)cc1. The molecule has 0 aliphatic heterocycles. The van der Waals surface area contributed by atoms with Crippen molar-refractivity contribution < 1.29 is 4.74 Å². The molecule has 0 aliphatic carbocycles. The minimum atomic E-state index is 0.184. The Hall–Kier alpha value is -1.02. The summed E-state index contributed by atoms with van der Waals surface area (Å²) >= 11 is 0. The summed E-state index contributed by atoms with van der Waals surface area (Å²) in [7, 11) is 0. The average molecular weight is 263 g/mol. The summed E-state index contributed by atoms with van der Waals surface area (Å²) in [5, 5.41) is 0. The lowest BCUT2D eigenvalue weighted by Crippen LogP contribution is -2.35. The van der Waals surface area contributed by atoms with E-state index in [4.69, 9.17) is 10.5 Å². The molecule has 1 unspecified atom stereocenters. The fourth-order valence-corrected chi connectivity index (χ4v) is 1.84. The molecule has 0 saturated carbocycles. The molecule has 0 fully saturated rings. The molecular formula is C17H29NO. The Kier molecular flexibility index (Phi) is 6.36. The molecule has 108 valence electrons. The fraction of sp³-hybridized carbons (Fsp3) is 0.647. The van der Waals surface area contributed by atoms with Crippen molar-refractivity contribution in [2.24, 2.45) is 11.1 Å². The van der Waals surface area contributed by atoms with Gasteiger partial charge in [-0.1, -0.05) is 46.2 Å². The lowest BCUT2D eigenvalue weighted by molar-refractivity contribution is 0.305. The zero-order valence-corrected chi connectivity index (χ0v) is 12.9. The molecule has 0 aliphatic rings. The molecule has 0 bridgehead atoms. The largest absolute Gasteiger partial charge is 0.494 e. The molecule has 0 saturated heterocycles. The van der Waals surface area contributed by atoms with Gasteiger partial charge in [-0.15, -0.1) is 0 Å². The van der Waals surface area contributed by atoms with Gasteiger partial charge in [0.15, 0.2) is 0 Å². The van der Waals surface area contributed by atoms with Crippen molar-refractivity contribution >= 4 is 0 Å². The van der Waals surface area contributed by atoms with Crippen LogP contribution >= 0.6 is 0 Å². The van der Waals surface area contributed by atoms with E-state index in [1.165, 1.54) is 12.0 Å². The van der Waals surface area contributed by atoms with Crippen LogP contribution in [0.25, 0.3) is 0 Å². The minimum Gasteiger partial charge on any atom is -0.494 e. The van der Waals surface area contributed by atoms with E-state index in [9.17, 15) is 0 Å². The standard InChI is InChI=1S/C17H29NO/c1-5-6-13-19-15-10-7-14(8-11-15)9-12-16(18)17(2,3)4/h7-8,10-11,16H,5-6,9,12-13,18H2,1-4H3. The monoisotopic (exact) mass is 263 g/mol. The Morgan fingerprint density at radius 1 is 1.16 bits per heavy atom. The summed E-state index contributed by atoms with van der Waals surface area (Å²) in [4.78, 5) is 0. The lowest BCUT2D eigenvalue weighted by atomic mass is 9.84. The molecule has 19 heavy (non-hydrogen) atoms. The molecule has 0 radical (unpaired) electrons. The van der Waals surface area contributed by atoms with E-state index in [0.717, 1.165) is 31.6 Å². The van der Waals surface area contributed by atoms with Crippen molar-refractivity contribution in [3.63, 3.8) is 0 Å². The Morgan fingerprint density at radius 3 is 2.32 bits per heavy atom. The van der Waals surface area contributed by atoms with Crippen molar-refractivity contribution in [1.29, 1.82) is 0 Å². The third-order valence-corrected chi connectivity index (χ3v) is 3.55. The van der Waals surface area contributed by atoms with Crippen molar-refractivity contribution in [3.05, 3.63) is 29.8 Å². The lowest BCUT2D eigenvalue weighted by Gasteiger charge is -2.27. The van der Waals surface area contributed by atoms with E-state index in [0.29, 0.717) is 0 Å². The maximum absolute atomic E-state index is 6.18. The number of benzene rings is 1. The number of rotatable bonds is 7. The van der Waals surface area contributed by atoms with Crippen LogP contribution in [0.5, 0.6) is 5.75 Å². The van der Waals surface area contributed by atoms with Gasteiger partial charge in [-0.05, 0) is 42.4 Å². The highest BCUT2D eigenvalue weighted by Crippen LogP contribution is 2.22. The quantitative estimate of drug-likeness (QED) is 0.749. The first kappa shape index (κ1) is 16.0. The van der Waals surface area contributed by atoms with Gasteiger partial charge in [-0.25, -0.2) is 0 Å². The second-order valence-corrected chi connectivity index (χ2v) is 6.36. The predicted octanol–water partition coefficient (Wildman–Crippen LogP) is 4.17. The summed E-state index contributed by atoms with van der Waals surface area (Å²) in [5.41, 5.74) is 7.70. The van der Waals surface area contributed by atoms with Crippen LogP contribution in [0.15, 0.2) is 24.3 Å². The Balaban J connectivity index is 2.40. The number of unbranched alkanes of at least 4 members (excludes halogenated alkanes) is 1. The van der Waals surface area contributed by atoms with Crippen molar-refractivity contribution in [2.75, 3.05) is 6.61 Å². The van der Waals surface area contributed by atoms with E-state index >= 15 is 0 Å². The van der Waals surface area contributed by atoms with E-state index in [1.54, 1.807) is 0 Å². The molecule has 2 nitrogen and oxygen atoms in total. The number of hydrogen-bond acceptors (Lipinski definition) is 2. The maximum Gasteiger partial charge on any atom is 0.119 e. The Morgan fingerprint density at radius 2 is 1.79 bits per heavy atom. The number of nitrogens with two attached hydrogens (primary N) is 1. The highest BCUT2D eigenvalue weighted by Gasteiger charge is 2.19. The van der Waals surface area contributed by atoms with Crippen molar-refractivity contribution in [3.8, 4) is 5.75 Å². The number of hydrogen-bond donors (Lipinski definition) is 1. The highest BCUT2D eigenvalue weighted by atomic mass is 16.5. The van der Waals surface area contributed by atoms with Crippen LogP contribution in [0.3, 0.4) is 0 Å². The second-order valence-electron chi connectivity index (χ2n) is 6.36. The normalized spacial score (nSPS) is 13.3. The van der Waals surface area contributed by atoms with Gasteiger partial charge in [-0.3, -0.25) is 0 Å². The Labute approximate surface area is 118 Å². The summed E-state index contributed by atoms with van der Waals surface area (Å²) in [5.74, 6) is 0.970. The van der Waals surface area contributed by atoms with Gasteiger partial charge < -0.3 is 10.5 Å². The van der Waals surface area contributed by atoms with Crippen molar-refractivity contribution in [1.82, 2.24) is 0 Å². The average Bonchev–Trinajstić information content (AvgIpc) is 2.36. The first-order valence-electron chi connectivity index (χ1n) is 7.41. The molecule has 1 aromatic carbocycles. The second kappa shape index (κ2) is 7.54. The predicted molar refractivity (Wildman–Crippen MR) is 82.6 cm³/mol. The van der Waals surface area contributed by atoms with Crippen molar-refractivity contribution in [2.45, 2.75) is 59.4 Å². The third-order valence-electron chi connectivity index (χ3n) is 3.55. The minimum absolute atomic E-state index is 0.184. The first-order chi connectivity index (χ1) is 8.93. The number of ether oxygens (including phenoxy) is 1. The van der Waals surface area contributed by atoms with Crippen LogP contribution in [0, 0.1) is 5.41 Å². The summed E-state index contributed by atoms with van der Waals surface area (Å²) in [6.45, 7) is 9.57. The Bertz CT molecular complexity index is 351. The van der Waals surface area contributed by atoms with E-state index in [1.807, 2.05) is 0 Å². The van der Waals surface area contributed by atoms with Gasteiger partial charge in [0.1, 0.15) is 5.75 Å². The van der Waals surface area contributed by atoms with Gasteiger partial charge in [0.25, 0.3) is 0 Å². The molecule has 0 heterocycles. The van der Waals surface area contributed by atoms with E-state index < -0.39 is 0 Å². The molecule has 2 N–H and O–H groups in total. The van der Waals surface area contributed by atoms with Crippen LogP contribution in [-0.4, -0.2) is 12.6 Å². The van der Waals surface area contributed by atoms with E-state index in [2.05, 4.69) is 52.0 Å². The maximum atomic E-state index is 6.18. The first-order valence-corrected chi connectivity index (χ1v) is 7.41. The fourth-order valence-electron chi connectivity index (χ4n) is 1.84. The third kappa shape index (κ3) is 6.11. The smallest absolute Gasteiger partial charge is 0.119 e. The van der Waals surface area contributed by atoms with E-state index in [-0.39, 0.29) is 11.5 Å². The van der Waals surface area contributed by atoms with Gasteiger partial charge in [-0.2, -0.15) is 0 Å². The van der Waals surface area contributed by atoms with Crippen LogP contribution < -0.4 is 10.5 Å². The topological polar surface area (TPSA) is 35.2 Å². The zero-order chi connectivity index (χ0) is 14.3. The van der Waals surface area contributed by atoms with Crippen LogP contribution in [-0.2, 0) is 6.42 Å². The summed E-state index contributed by atoms with van der Waals surface area (Å²) in [6.07, 6.45) is 4.35. The van der Waals surface area contributed by atoms with Crippen LogP contribution in [0.4, 0.5) is 0 Å². The molecular weight excluding hydrogens is 234 g/mol. The van der Waals surface area contributed by atoms with Gasteiger partial charge in [0.05, 0.1) is 6.61 Å². The molecule has 0 spiro atoms.